The van der Waals surface area contributed by atoms with Gasteiger partial charge in [-0.15, -0.1) is 12.4 Å². The van der Waals surface area contributed by atoms with Gasteiger partial charge in [0.2, 0.25) is 0 Å². The molecular formula is C13H20ClN3O2. The summed E-state index contributed by atoms with van der Waals surface area (Å²) in [7, 11) is 0. The van der Waals surface area contributed by atoms with Crippen LogP contribution in [-0.2, 0) is 11.3 Å². The van der Waals surface area contributed by atoms with E-state index < -0.39 is 0 Å². The number of nitrogens with two attached hydrogens (primary N) is 1. The quantitative estimate of drug-likeness (QED) is 0.876. The second kappa shape index (κ2) is 7.43. The predicted octanol–water partition coefficient (Wildman–Crippen LogP) is 1.26. The van der Waals surface area contributed by atoms with Gasteiger partial charge >= 0.3 is 0 Å². The number of hydrogen-bond acceptors (Lipinski definition) is 4. The Morgan fingerprint density at radius 1 is 1.63 bits per heavy atom. The van der Waals surface area contributed by atoms with Gasteiger partial charge in [0.05, 0.1) is 11.8 Å². The van der Waals surface area contributed by atoms with Crippen molar-refractivity contribution in [2.45, 2.75) is 38.5 Å². The molecule has 2 atom stereocenters. The average molecular weight is 286 g/mol. The summed E-state index contributed by atoms with van der Waals surface area (Å²) in [6.07, 6.45) is 3.55. The Labute approximate surface area is 119 Å². The molecule has 2 rings (SSSR count). The van der Waals surface area contributed by atoms with E-state index in [9.17, 15) is 4.79 Å². The molecule has 5 nitrogen and oxygen atoms in total. The molecule has 1 fully saturated rings. The maximum Gasteiger partial charge on any atom is 0.251 e. The highest BCUT2D eigenvalue weighted by Gasteiger charge is 2.21. The molecule has 1 aromatic heterocycles. The summed E-state index contributed by atoms with van der Waals surface area (Å²) in [5.74, 6) is -0.0637. The van der Waals surface area contributed by atoms with E-state index in [1.54, 1.807) is 18.3 Å². The van der Waals surface area contributed by atoms with Gasteiger partial charge in [0, 0.05) is 31.0 Å². The number of rotatable bonds is 3. The van der Waals surface area contributed by atoms with Crippen LogP contribution in [-0.4, -0.2) is 29.6 Å². The van der Waals surface area contributed by atoms with Gasteiger partial charge in [-0.3, -0.25) is 9.78 Å². The summed E-state index contributed by atoms with van der Waals surface area (Å²) >= 11 is 0. The maximum atomic E-state index is 12.1. The van der Waals surface area contributed by atoms with Gasteiger partial charge in [0.15, 0.2) is 0 Å². The smallest absolute Gasteiger partial charge is 0.251 e. The molecule has 106 valence electrons. The third-order valence-corrected chi connectivity index (χ3v) is 3.11. The van der Waals surface area contributed by atoms with Crippen LogP contribution in [0, 0.1) is 0 Å². The van der Waals surface area contributed by atoms with Crippen LogP contribution in [0.1, 0.15) is 35.8 Å². The lowest BCUT2D eigenvalue weighted by molar-refractivity contribution is 0.0136. The predicted molar refractivity (Wildman–Crippen MR) is 75.3 cm³/mol. The third-order valence-electron chi connectivity index (χ3n) is 3.11. The molecule has 1 saturated heterocycles. The van der Waals surface area contributed by atoms with Crippen LogP contribution < -0.4 is 11.1 Å². The molecule has 2 heterocycles. The standard InChI is InChI=1S/C13H19N3O2.ClH/c1-9-6-11(3-5-18-9)16-13(17)10-2-4-15-12(7-10)8-14;/h2,4,7,9,11H,3,5-6,8,14H2,1H3,(H,16,17);1H. The number of aromatic nitrogens is 1. The first kappa shape index (κ1) is 15.9. The molecule has 2 unspecified atom stereocenters. The third kappa shape index (κ3) is 4.45. The minimum Gasteiger partial charge on any atom is -0.378 e. The van der Waals surface area contributed by atoms with Crippen molar-refractivity contribution < 1.29 is 9.53 Å². The Morgan fingerprint density at radius 2 is 2.42 bits per heavy atom. The molecule has 1 aliphatic rings. The molecule has 0 spiro atoms. The Morgan fingerprint density at radius 3 is 3.11 bits per heavy atom. The van der Waals surface area contributed by atoms with Crippen molar-refractivity contribution in [3.05, 3.63) is 29.6 Å². The first-order valence-electron chi connectivity index (χ1n) is 6.26. The van der Waals surface area contributed by atoms with Crippen LogP contribution in [0.25, 0.3) is 0 Å². The largest absolute Gasteiger partial charge is 0.378 e. The van der Waals surface area contributed by atoms with E-state index in [1.165, 1.54) is 0 Å². The Balaban J connectivity index is 0.00000180. The molecular weight excluding hydrogens is 266 g/mol. The van der Waals surface area contributed by atoms with Crippen molar-refractivity contribution in [3.8, 4) is 0 Å². The highest BCUT2D eigenvalue weighted by Crippen LogP contribution is 2.14. The fourth-order valence-electron chi connectivity index (χ4n) is 2.13. The molecule has 0 saturated carbocycles. The molecule has 3 N–H and O–H groups in total. The second-order valence-electron chi connectivity index (χ2n) is 4.62. The molecule has 0 aliphatic carbocycles. The van der Waals surface area contributed by atoms with Crippen molar-refractivity contribution in [1.29, 1.82) is 0 Å². The average Bonchev–Trinajstić information content (AvgIpc) is 2.39. The summed E-state index contributed by atoms with van der Waals surface area (Å²) < 4.78 is 5.45. The van der Waals surface area contributed by atoms with Crippen molar-refractivity contribution in [2.24, 2.45) is 5.73 Å². The monoisotopic (exact) mass is 285 g/mol. The molecule has 1 amide bonds. The zero-order valence-electron chi connectivity index (χ0n) is 11.0. The highest BCUT2D eigenvalue weighted by molar-refractivity contribution is 5.94. The SMILES string of the molecule is CC1CC(NC(=O)c2ccnc(CN)c2)CCO1.Cl. The van der Waals surface area contributed by atoms with E-state index in [4.69, 9.17) is 10.5 Å². The maximum absolute atomic E-state index is 12.1. The van der Waals surface area contributed by atoms with E-state index in [0.29, 0.717) is 18.7 Å². The minimum atomic E-state index is -0.0637. The van der Waals surface area contributed by atoms with Crippen LogP contribution >= 0.6 is 12.4 Å². The summed E-state index contributed by atoms with van der Waals surface area (Å²) in [5.41, 5.74) is 6.85. The van der Waals surface area contributed by atoms with E-state index in [2.05, 4.69) is 10.3 Å². The van der Waals surface area contributed by atoms with Crippen LogP contribution in [0.4, 0.5) is 0 Å². The van der Waals surface area contributed by atoms with E-state index in [-0.39, 0.29) is 30.5 Å². The summed E-state index contributed by atoms with van der Waals surface area (Å²) in [6.45, 7) is 3.07. The van der Waals surface area contributed by atoms with Crippen molar-refractivity contribution in [2.75, 3.05) is 6.61 Å². The molecule has 0 radical (unpaired) electrons. The first-order valence-corrected chi connectivity index (χ1v) is 6.26. The minimum absolute atomic E-state index is 0. The number of hydrogen-bond donors (Lipinski definition) is 2. The number of pyridine rings is 1. The van der Waals surface area contributed by atoms with Gasteiger partial charge in [-0.05, 0) is 31.9 Å². The van der Waals surface area contributed by atoms with Gasteiger partial charge < -0.3 is 15.8 Å². The number of amides is 1. The first-order chi connectivity index (χ1) is 8.69. The lowest BCUT2D eigenvalue weighted by Gasteiger charge is -2.27. The van der Waals surface area contributed by atoms with Gasteiger partial charge in [0.1, 0.15) is 0 Å². The normalized spacial score (nSPS) is 22.4. The Bertz CT molecular complexity index is 428. The second-order valence-corrected chi connectivity index (χ2v) is 4.62. The van der Waals surface area contributed by atoms with E-state index in [0.717, 1.165) is 18.5 Å². The number of carbonyl (C=O) groups excluding carboxylic acids is 1. The summed E-state index contributed by atoms with van der Waals surface area (Å²) in [5, 5.41) is 3.03. The molecule has 19 heavy (non-hydrogen) atoms. The van der Waals surface area contributed by atoms with Gasteiger partial charge in [-0.1, -0.05) is 0 Å². The number of nitrogens with zero attached hydrogens (tertiary/aromatic N) is 1. The molecule has 1 aliphatic heterocycles. The van der Waals surface area contributed by atoms with Crippen LogP contribution in [0.5, 0.6) is 0 Å². The number of nitrogens with one attached hydrogen (secondary N) is 1. The summed E-state index contributed by atoms with van der Waals surface area (Å²) in [4.78, 5) is 16.1. The van der Waals surface area contributed by atoms with Gasteiger partial charge in [0.25, 0.3) is 5.91 Å². The lowest BCUT2D eigenvalue weighted by atomic mass is 10.0. The lowest BCUT2D eigenvalue weighted by Crippen LogP contribution is -2.41. The molecule has 0 bridgehead atoms. The zero-order chi connectivity index (χ0) is 13.0. The zero-order valence-corrected chi connectivity index (χ0v) is 11.8. The Hall–Kier alpha value is -1.17. The highest BCUT2D eigenvalue weighted by atomic mass is 35.5. The van der Waals surface area contributed by atoms with Crippen LogP contribution in [0.15, 0.2) is 18.3 Å². The van der Waals surface area contributed by atoms with Crippen LogP contribution in [0.3, 0.4) is 0 Å². The van der Waals surface area contributed by atoms with E-state index >= 15 is 0 Å². The number of carbonyl (C=O) groups is 1. The fourth-order valence-corrected chi connectivity index (χ4v) is 2.13. The summed E-state index contributed by atoms with van der Waals surface area (Å²) in [6, 6.07) is 3.63. The van der Waals surface area contributed by atoms with Crippen molar-refractivity contribution >= 4 is 18.3 Å². The van der Waals surface area contributed by atoms with Crippen molar-refractivity contribution in [1.82, 2.24) is 10.3 Å². The molecule has 1 aromatic rings. The molecule has 0 aromatic carbocycles. The topological polar surface area (TPSA) is 77.2 Å². The van der Waals surface area contributed by atoms with Gasteiger partial charge in [-0.2, -0.15) is 0 Å². The van der Waals surface area contributed by atoms with Crippen molar-refractivity contribution in [3.63, 3.8) is 0 Å². The van der Waals surface area contributed by atoms with E-state index in [1.807, 2.05) is 6.92 Å². The number of halogens is 1. The molecule has 6 heteroatoms. The Kier molecular flexibility index (Phi) is 6.21. The van der Waals surface area contributed by atoms with Gasteiger partial charge in [-0.25, -0.2) is 0 Å². The van der Waals surface area contributed by atoms with Crippen LogP contribution in [0.2, 0.25) is 0 Å². The number of ether oxygens (including phenoxy) is 1. The fraction of sp³-hybridized carbons (Fsp3) is 0.538.